The lowest BCUT2D eigenvalue weighted by Gasteiger charge is -2.35. The number of amides is 1. The summed E-state index contributed by atoms with van der Waals surface area (Å²) in [5.41, 5.74) is 5.36. The molecule has 0 aromatic heterocycles. The monoisotopic (exact) mass is 196 g/mol. The normalized spacial score (nSPS) is 30.7. The fourth-order valence-corrected chi connectivity index (χ4v) is 2.84. The fourth-order valence-electron chi connectivity index (χ4n) is 2.84. The smallest absolute Gasteiger partial charge is 0.221 e. The van der Waals surface area contributed by atoms with Gasteiger partial charge in [0.2, 0.25) is 5.91 Å². The third-order valence-electron chi connectivity index (χ3n) is 3.70. The average molecular weight is 196 g/mol. The number of rotatable bonds is 2. The van der Waals surface area contributed by atoms with Crippen molar-refractivity contribution in [3.63, 3.8) is 0 Å². The summed E-state index contributed by atoms with van der Waals surface area (Å²) in [5.74, 6) is 0.0112. The molecule has 0 unspecified atom stereocenters. The van der Waals surface area contributed by atoms with E-state index in [1.807, 2.05) is 0 Å². The Kier molecular flexibility index (Phi) is 3.06. The van der Waals surface area contributed by atoms with E-state index in [2.05, 4.69) is 4.90 Å². The van der Waals surface area contributed by atoms with E-state index < -0.39 is 0 Å². The molecule has 3 heteroatoms. The van der Waals surface area contributed by atoms with E-state index in [9.17, 15) is 4.79 Å². The Morgan fingerprint density at radius 2 is 1.86 bits per heavy atom. The molecular formula is C11H20N2O. The van der Waals surface area contributed by atoms with Crippen molar-refractivity contribution >= 4 is 5.91 Å². The Morgan fingerprint density at radius 1 is 1.14 bits per heavy atom. The average Bonchev–Trinajstić information content (AvgIpc) is 2.71. The molecule has 14 heavy (non-hydrogen) atoms. The summed E-state index contributed by atoms with van der Waals surface area (Å²) in [6.07, 6.45) is 7.52. The second-order valence-corrected chi connectivity index (χ2v) is 4.67. The van der Waals surface area contributed by atoms with E-state index in [1.54, 1.807) is 0 Å². The van der Waals surface area contributed by atoms with E-state index in [1.165, 1.54) is 32.2 Å². The van der Waals surface area contributed by atoms with Crippen LogP contribution in [-0.2, 0) is 4.79 Å². The topological polar surface area (TPSA) is 46.3 Å². The fraction of sp³-hybridized carbons (Fsp3) is 0.909. The molecule has 1 atom stereocenters. The van der Waals surface area contributed by atoms with Crippen LogP contribution in [0.15, 0.2) is 0 Å². The van der Waals surface area contributed by atoms with Gasteiger partial charge in [0.25, 0.3) is 0 Å². The Balaban J connectivity index is 1.89. The van der Waals surface area contributed by atoms with Gasteiger partial charge in [-0.1, -0.05) is 12.8 Å². The van der Waals surface area contributed by atoms with E-state index in [0.717, 1.165) is 25.4 Å². The van der Waals surface area contributed by atoms with Crippen LogP contribution < -0.4 is 5.73 Å². The predicted octanol–water partition coefficient (Wildman–Crippen LogP) is 1.13. The summed E-state index contributed by atoms with van der Waals surface area (Å²) in [6.45, 7) is 2.09. The number of piperidine rings is 1. The number of hydrogen-bond donors (Lipinski definition) is 1. The molecule has 2 N–H and O–H groups in total. The molecule has 2 fully saturated rings. The van der Waals surface area contributed by atoms with Crippen molar-refractivity contribution in [1.29, 1.82) is 0 Å². The number of hydrogen-bond acceptors (Lipinski definition) is 2. The highest BCUT2D eigenvalue weighted by molar-refractivity contribution is 5.76. The number of primary amides is 1. The standard InChI is InChI=1S/C11H20N2O/c12-11(14)9-4-3-7-13(8-9)10-5-1-2-6-10/h9-10H,1-8H2,(H2,12,14)/t9-/m0/s1. The quantitative estimate of drug-likeness (QED) is 0.719. The van der Waals surface area contributed by atoms with Crippen molar-refractivity contribution in [2.75, 3.05) is 13.1 Å². The predicted molar refractivity (Wildman–Crippen MR) is 55.7 cm³/mol. The molecule has 1 saturated carbocycles. The molecule has 0 spiro atoms. The Morgan fingerprint density at radius 3 is 2.50 bits per heavy atom. The van der Waals surface area contributed by atoms with E-state index >= 15 is 0 Å². The largest absolute Gasteiger partial charge is 0.369 e. The van der Waals surface area contributed by atoms with Gasteiger partial charge in [0.05, 0.1) is 5.92 Å². The molecule has 0 radical (unpaired) electrons. The minimum Gasteiger partial charge on any atom is -0.369 e. The minimum absolute atomic E-state index is 0.104. The van der Waals surface area contributed by atoms with Crippen molar-refractivity contribution in [2.45, 2.75) is 44.6 Å². The van der Waals surface area contributed by atoms with Gasteiger partial charge in [0.1, 0.15) is 0 Å². The maximum atomic E-state index is 11.1. The van der Waals surface area contributed by atoms with Crippen LogP contribution >= 0.6 is 0 Å². The third kappa shape index (κ3) is 2.08. The molecule has 1 aliphatic carbocycles. The number of carbonyl (C=O) groups excluding carboxylic acids is 1. The molecule has 0 aromatic carbocycles. The van der Waals surface area contributed by atoms with Crippen molar-refractivity contribution < 1.29 is 4.79 Å². The summed E-state index contributed by atoms with van der Waals surface area (Å²) < 4.78 is 0. The van der Waals surface area contributed by atoms with E-state index in [0.29, 0.717) is 0 Å². The Labute approximate surface area is 85.6 Å². The first-order valence-electron chi connectivity index (χ1n) is 5.81. The van der Waals surface area contributed by atoms with E-state index in [4.69, 9.17) is 5.73 Å². The van der Waals surface area contributed by atoms with Crippen LogP contribution in [0.25, 0.3) is 0 Å². The molecule has 80 valence electrons. The number of nitrogens with zero attached hydrogens (tertiary/aromatic N) is 1. The molecule has 2 rings (SSSR count). The SMILES string of the molecule is NC(=O)[C@H]1CCCN(C2CCCC2)C1. The highest BCUT2D eigenvalue weighted by Gasteiger charge is 2.29. The molecule has 0 bridgehead atoms. The van der Waals surface area contributed by atoms with E-state index in [-0.39, 0.29) is 11.8 Å². The van der Waals surface area contributed by atoms with Gasteiger partial charge in [-0.3, -0.25) is 9.69 Å². The molecule has 0 aromatic rings. The zero-order chi connectivity index (χ0) is 9.97. The zero-order valence-corrected chi connectivity index (χ0v) is 8.74. The van der Waals surface area contributed by atoms with Gasteiger partial charge in [0, 0.05) is 12.6 Å². The highest BCUT2D eigenvalue weighted by Crippen LogP contribution is 2.27. The number of carbonyl (C=O) groups is 1. The first kappa shape index (κ1) is 9.97. The second kappa shape index (κ2) is 4.30. The van der Waals surface area contributed by atoms with Crippen LogP contribution in [0, 0.1) is 5.92 Å². The summed E-state index contributed by atoms with van der Waals surface area (Å²) in [7, 11) is 0. The van der Waals surface area contributed by atoms with Crippen molar-refractivity contribution in [3.8, 4) is 0 Å². The number of nitrogens with two attached hydrogens (primary N) is 1. The molecule has 2 aliphatic rings. The van der Waals surface area contributed by atoms with Gasteiger partial charge in [-0.25, -0.2) is 0 Å². The van der Waals surface area contributed by atoms with Crippen molar-refractivity contribution in [2.24, 2.45) is 11.7 Å². The Hall–Kier alpha value is -0.570. The summed E-state index contributed by atoms with van der Waals surface area (Å²) in [5, 5.41) is 0. The third-order valence-corrected chi connectivity index (χ3v) is 3.70. The maximum Gasteiger partial charge on any atom is 0.221 e. The van der Waals surface area contributed by atoms with Gasteiger partial charge >= 0.3 is 0 Å². The molecule has 3 nitrogen and oxygen atoms in total. The van der Waals surface area contributed by atoms with Crippen LogP contribution in [0.3, 0.4) is 0 Å². The van der Waals surface area contributed by atoms with Crippen LogP contribution in [0.5, 0.6) is 0 Å². The maximum absolute atomic E-state index is 11.1. The molecule has 1 heterocycles. The first-order valence-corrected chi connectivity index (χ1v) is 5.81. The summed E-state index contributed by atoms with van der Waals surface area (Å²) in [4.78, 5) is 13.6. The first-order chi connectivity index (χ1) is 6.77. The zero-order valence-electron chi connectivity index (χ0n) is 8.74. The number of likely N-dealkylation sites (tertiary alicyclic amines) is 1. The van der Waals surface area contributed by atoms with Gasteiger partial charge in [-0.05, 0) is 32.2 Å². The molecule has 1 aliphatic heterocycles. The van der Waals surface area contributed by atoms with Gasteiger partial charge in [0.15, 0.2) is 0 Å². The lowest BCUT2D eigenvalue weighted by molar-refractivity contribution is -0.123. The summed E-state index contributed by atoms with van der Waals surface area (Å²) >= 11 is 0. The minimum atomic E-state index is -0.104. The lowest BCUT2D eigenvalue weighted by atomic mass is 9.96. The van der Waals surface area contributed by atoms with Crippen LogP contribution in [-0.4, -0.2) is 29.9 Å². The molecule has 1 amide bonds. The van der Waals surface area contributed by atoms with Crippen LogP contribution in [0.4, 0.5) is 0 Å². The van der Waals surface area contributed by atoms with Crippen molar-refractivity contribution in [1.82, 2.24) is 4.90 Å². The van der Waals surface area contributed by atoms with Gasteiger partial charge in [-0.15, -0.1) is 0 Å². The van der Waals surface area contributed by atoms with Crippen LogP contribution in [0.1, 0.15) is 38.5 Å². The van der Waals surface area contributed by atoms with Crippen LogP contribution in [0.2, 0.25) is 0 Å². The molecule has 1 saturated heterocycles. The van der Waals surface area contributed by atoms with Gasteiger partial charge in [-0.2, -0.15) is 0 Å². The van der Waals surface area contributed by atoms with Crippen molar-refractivity contribution in [3.05, 3.63) is 0 Å². The lowest BCUT2D eigenvalue weighted by Crippen LogP contribution is -2.45. The summed E-state index contributed by atoms with van der Waals surface area (Å²) in [6, 6.07) is 0.747. The molecular weight excluding hydrogens is 176 g/mol. The highest BCUT2D eigenvalue weighted by atomic mass is 16.1. The second-order valence-electron chi connectivity index (χ2n) is 4.67. The Bertz CT molecular complexity index is 211. The van der Waals surface area contributed by atoms with Gasteiger partial charge < -0.3 is 5.73 Å².